The van der Waals surface area contributed by atoms with E-state index in [2.05, 4.69) is 21.0 Å². The largest absolute Gasteiger partial charge is 0.350 e. The van der Waals surface area contributed by atoms with E-state index >= 15 is 0 Å². The molecule has 0 radical (unpaired) electrons. The number of hydrogen-bond acceptors (Lipinski definition) is 4. The van der Waals surface area contributed by atoms with Gasteiger partial charge in [0.25, 0.3) is 11.8 Å². The molecule has 3 aromatic rings. The number of nitrogens with one attached hydrogen (secondary N) is 3. The number of anilines is 1. The Morgan fingerprint density at radius 1 is 1.12 bits per heavy atom. The summed E-state index contributed by atoms with van der Waals surface area (Å²) in [5, 5.41) is 12.8. The number of amides is 3. The molecule has 3 rings (SSSR count). The fourth-order valence-corrected chi connectivity index (χ4v) is 3.62. The zero-order chi connectivity index (χ0) is 24.8. The number of aryl methyl sites for hydroxylation is 2. The Labute approximate surface area is 201 Å². The van der Waals surface area contributed by atoms with Crippen LogP contribution in [-0.4, -0.2) is 34.0 Å². The summed E-state index contributed by atoms with van der Waals surface area (Å²) in [5.74, 6) is -1.96. The number of halogens is 2. The SMILES string of the molecule is CCn1nc(C)cc1C(=O)NC(CNC(=O)c1ccc(F)c(NC(C)=O)c1)c1cccc(Cl)c1. The lowest BCUT2D eigenvalue weighted by Crippen LogP contribution is -2.38. The summed E-state index contributed by atoms with van der Waals surface area (Å²) in [4.78, 5) is 37.0. The van der Waals surface area contributed by atoms with E-state index in [0.717, 1.165) is 6.07 Å². The quantitative estimate of drug-likeness (QED) is 0.450. The molecule has 10 heteroatoms. The topological polar surface area (TPSA) is 105 Å². The van der Waals surface area contributed by atoms with Crippen LogP contribution in [0.25, 0.3) is 0 Å². The van der Waals surface area contributed by atoms with Crippen LogP contribution < -0.4 is 16.0 Å². The van der Waals surface area contributed by atoms with Crippen LogP contribution in [-0.2, 0) is 11.3 Å². The van der Waals surface area contributed by atoms with Gasteiger partial charge in [0, 0.05) is 30.6 Å². The summed E-state index contributed by atoms with van der Waals surface area (Å²) in [5.41, 5.74) is 1.87. The molecule has 1 heterocycles. The Balaban J connectivity index is 1.80. The molecule has 8 nitrogen and oxygen atoms in total. The predicted octanol–water partition coefficient (Wildman–Crippen LogP) is 3.86. The van der Waals surface area contributed by atoms with Crippen molar-refractivity contribution in [2.45, 2.75) is 33.4 Å². The second-order valence-corrected chi connectivity index (χ2v) is 8.09. The minimum Gasteiger partial charge on any atom is -0.350 e. The van der Waals surface area contributed by atoms with Crippen LogP contribution in [0.4, 0.5) is 10.1 Å². The Bertz CT molecular complexity index is 1230. The zero-order valence-corrected chi connectivity index (χ0v) is 19.7. The molecule has 3 N–H and O–H groups in total. The molecule has 0 saturated carbocycles. The molecule has 0 bridgehead atoms. The Morgan fingerprint density at radius 2 is 1.88 bits per heavy atom. The van der Waals surface area contributed by atoms with Gasteiger partial charge < -0.3 is 16.0 Å². The molecule has 34 heavy (non-hydrogen) atoms. The highest BCUT2D eigenvalue weighted by Crippen LogP contribution is 2.20. The van der Waals surface area contributed by atoms with Crippen molar-refractivity contribution in [2.75, 3.05) is 11.9 Å². The van der Waals surface area contributed by atoms with Gasteiger partial charge in [0.05, 0.1) is 17.4 Å². The van der Waals surface area contributed by atoms with Crippen molar-refractivity contribution in [3.8, 4) is 0 Å². The molecule has 178 valence electrons. The third-order valence-electron chi connectivity index (χ3n) is 5.00. The Hall–Kier alpha value is -3.72. The third-order valence-corrected chi connectivity index (χ3v) is 5.23. The van der Waals surface area contributed by atoms with Crippen molar-refractivity contribution in [2.24, 2.45) is 0 Å². The second kappa shape index (κ2) is 10.9. The molecule has 2 aromatic carbocycles. The third kappa shape index (κ3) is 6.20. The van der Waals surface area contributed by atoms with Gasteiger partial charge in [0.2, 0.25) is 5.91 Å². The van der Waals surface area contributed by atoms with E-state index in [4.69, 9.17) is 11.6 Å². The molecule has 0 aliphatic carbocycles. The van der Waals surface area contributed by atoms with Gasteiger partial charge in [-0.1, -0.05) is 23.7 Å². The van der Waals surface area contributed by atoms with Gasteiger partial charge in [-0.2, -0.15) is 5.10 Å². The van der Waals surface area contributed by atoms with Crippen molar-refractivity contribution in [3.05, 3.63) is 81.9 Å². The zero-order valence-electron chi connectivity index (χ0n) is 19.0. The Morgan fingerprint density at radius 3 is 2.56 bits per heavy atom. The van der Waals surface area contributed by atoms with E-state index in [1.807, 2.05) is 6.92 Å². The van der Waals surface area contributed by atoms with E-state index in [0.29, 0.717) is 28.5 Å². The molecule has 1 atom stereocenters. The Kier molecular flexibility index (Phi) is 8.01. The summed E-state index contributed by atoms with van der Waals surface area (Å²) in [6.07, 6.45) is 0. The van der Waals surface area contributed by atoms with Crippen LogP contribution in [0.2, 0.25) is 5.02 Å². The molecule has 3 amide bonds. The first kappa shape index (κ1) is 24.9. The van der Waals surface area contributed by atoms with Crippen LogP contribution in [0.15, 0.2) is 48.5 Å². The summed E-state index contributed by atoms with van der Waals surface area (Å²) < 4.78 is 15.5. The standard InChI is InChI=1S/C24H25ClFN5O3/c1-4-31-22(10-14(2)30-31)24(34)29-21(16-6-5-7-18(25)11-16)13-27-23(33)17-8-9-19(26)20(12-17)28-15(3)32/h5-12,21H,4,13H2,1-3H3,(H,27,33)(H,28,32)(H,29,34). The number of nitrogens with zero attached hydrogens (tertiary/aromatic N) is 2. The van der Waals surface area contributed by atoms with E-state index in [9.17, 15) is 18.8 Å². The van der Waals surface area contributed by atoms with E-state index < -0.39 is 23.7 Å². The minimum absolute atomic E-state index is 0.0387. The summed E-state index contributed by atoms with van der Waals surface area (Å²) in [7, 11) is 0. The molecule has 1 unspecified atom stereocenters. The van der Waals surface area contributed by atoms with Gasteiger partial charge in [-0.15, -0.1) is 0 Å². The normalized spacial score (nSPS) is 11.6. The van der Waals surface area contributed by atoms with Crippen LogP contribution in [0, 0.1) is 12.7 Å². The summed E-state index contributed by atoms with van der Waals surface area (Å²) in [6, 6.07) is 11.7. The maximum atomic E-state index is 13.9. The van der Waals surface area contributed by atoms with Gasteiger partial charge in [-0.25, -0.2) is 4.39 Å². The lowest BCUT2D eigenvalue weighted by molar-refractivity contribution is -0.114. The molecular formula is C24H25ClFN5O3. The van der Waals surface area contributed by atoms with Gasteiger partial charge in [-0.3, -0.25) is 19.1 Å². The maximum Gasteiger partial charge on any atom is 0.270 e. The predicted molar refractivity (Wildman–Crippen MR) is 127 cm³/mol. The number of hydrogen-bond donors (Lipinski definition) is 3. The molecule has 0 saturated heterocycles. The summed E-state index contributed by atoms with van der Waals surface area (Å²) in [6.45, 7) is 5.50. The van der Waals surface area contributed by atoms with Crippen LogP contribution in [0.5, 0.6) is 0 Å². The van der Waals surface area contributed by atoms with Gasteiger partial charge in [0.1, 0.15) is 11.5 Å². The highest BCUT2D eigenvalue weighted by atomic mass is 35.5. The molecule has 0 aliphatic rings. The van der Waals surface area contributed by atoms with E-state index in [1.165, 1.54) is 19.1 Å². The van der Waals surface area contributed by atoms with E-state index in [-0.39, 0.29) is 23.7 Å². The lowest BCUT2D eigenvalue weighted by atomic mass is 10.1. The fourth-order valence-electron chi connectivity index (χ4n) is 3.43. The van der Waals surface area contributed by atoms with Crippen molar-refractivity contribution >= 4 is 35.0 Å². The average Bonchev–Trinajstić information content (AvgIpc) is 3.18. The number of benzene rings is 2. The molecule has 0 fully saturated rings. The van der Waals surface area contributed by atoms with Crippen LogP contribution in [0.3, 0.4) is 0 Å². The van der Waals surface area contributed by atoms with Gasteiger partial charge >= 0.3 is 0 Å². The first-order valence-electron chi connectivity index (χ1n) is 10.6. The monoisotopic (exact) mass is 485 g/mol. The molecular weight excluding hydrogens is 461 g/mol. The van der Waals surface area contributed by atoms with Crippen molar-refractivity contribution in [3.63, 3.8) is 0 Å². The van der Waals surface area contributed by atoms with Gasteiger partial charge in [0.15, 0.2) is 0 Å². The van der Waals surface area contributed by atoms with Crippen molar-refractivity contribution in [1.82, 2.24) is 20.4 Å². The van der Waals surface area contributed by atoms with Crippen molar-refractivity contribution in [1.29, 1.82) is 0 Å². The number of aromatic nitrogens is 2. The highest BCUT2D eigenvalue weighted by molar-refractivity contribution is 6.30. The van der Waals surface area contributed by atoms with Crippen LogP contribution in [0.1, 0.15) is 52.0 Å². The average molecular weight is 486 g/mol. The smallest absolute Gasteiger partial charge is 0.270 e. The maximum absolute atomic E-state index is 13.9. The fraction of sp³-hybridized carbons (Fsp3) is 0.250. The molecule has 0 spiro atoms. The first-order chi connectivity index (χ1) is 16.2. The molecule has 0 aliphatic heterocycles. The van der Waals surface area contributed by atoms with E-state index in [1.54, 1.807) is 41.9 Å². The lowest BCUT2D eigenvalue weighted by Gasteiger charge is -2.20. The highest BCUT2D eigenvalue weighted by Gasteiger charge is 2.21. The number of carbonyl (C=O) groups is 3. The second-order valence-electron chi connectivity index (χ2n) is 7.65. The number of carbonyl (C=O) groups excluding carboxylic acids is 3. The number of rotatable bonds is 8. The molecule has 1 aromatic heterocycles. The summed E-state index contributed by atoms with van der Waals surface area (Å²) >= 11 is 6.14. The van der Waals surface area contributed by atoms with Gasteiger partial charge in [-0.05, 0) is 55.8 Å². The van der Waals surface area contributed by atoms with Crippen molar-refractivity contribution < 1.29 is 18.8 Å². The van der Waals surface area contributed by atoms with Crippen LogP contribution >= 0.6 is 11.6 Å². The first-order valence-corrected chi connectivity index (χ1v) is 11.0. The minimum atomic E-state index is -0.654.